The van der Waals surface area contributed by atoms with E-state index < -0.39 is 36.7 Å². The van der Waals surface area contributed by atoms with Crippen LogP contribution in [-0.4, -0.2) is 101 Å². The smallest absolute Gasteiger partial charge is 0.335 e. The fourth-order valence-corrected chi connectivity index (χ4v) is 2.61. The van der Waals surface area contributed by atoms with Crippen LogP contribution in [0.5, 0.6) is 0 Å². The van der Waals surface area contributed by atoms with Crippen LogP contribution in [-0.2, 0) is 14.3 Å². The topological polar surface area (TPSA) is 161 Å². The highest BCUT2D eigenvalue weighted by Gasteiger charge is 2.47. The number of nitrogens with one attached hydrogen (secondary N) is 2. The van der Waals surface area contributed by atoms with Gasteiger partial charge in [0.2, 0.25) is 0 Å². The Hall–Kier alpha value is -0.850. The van der Waals surface area contributed by atoms with Gasteiger partial charge in [-0.3, -0.25) is 0 Å². The Balaban J connectivity index is 2.42. The summed E-state index contributed by atoms with van der Waals surface area (Å²) in [5, 5.41) is 53.9. The molecule has 1 heterocycles. The van der Waals surface area contributed by atoms with Gasteiger partial charge in [0.25, 0.3) is 0 Å². The lowest BCUT2D eigenvalue weighted by molar-refractivity contribution is -0.295. The van der Waals surface area contributed by atoms with Gasteiger partial charge in [0.1, 0.15) is 18.3 Å². The van der Waals surface area contributed by atoms with Crippen LogP contribution in [0.3, 0.4) is 0 Å². The van der Waals surface area contributed by atoms with Crippen molar-refractivity contribution >= 4 is 5.97 Å². The maximum atomic E-state index is 11.1. The second kappa shape index (κ2) is 11.8. The van der Waals surface area contributed by atoms with E-state index in [4.69, 9.17) is 19.7 Å². The number of carboxylic acid groups (broad SMARTS) is 1. The molecule has 26 heavy (non-hydrogen) atoms. The highest BCUT2D eigenvalue weighted by molar-refractivity contribution is 5.73. The van der Waals surface area contributed by atoms with Crippen LogP contribution in [0.2, 0.25) is 0 Å². The largest absolute Gasteiger partial charge is 0.479 e. The van der Waals surface area contributed by atoms with Crippen molar-refractivity contribution in [2.75, 3.05) is 26.3 Å². The van der Waals surface area contributed by atoms with E-state index in [0.717, 1.165) is 6.42 Å². The van der Waals surface area contributed by atoms with Gasteiger partial charge in [-0.05, 0) is 12.8 Å². The summed E-state index contributed by atoms with van der Waals surface area (Å²) in [5.74, 6) is -1.44. The molecule has 7 N–H and O–H groups in total. The molecule has 0 aromatic heterocycles. The molecule has 0 radical (unpaired) electrons. The van der Waals surface area contributed by atoms with Gasteiger partial charge in [-0.15, -0.1) is 0 Å². The van der Waals surface area contributed by atoms with Crippen molar-refractivity contribution in [3.05, 3.63) is 0 Å². The third-order valence-electron chi connectivity index (χ3n) is 4.47. The molecule has 10 heteroatoms. The molecule has 0 bridgehead atoms. The lowest BCUT2D eigenvalue weighted by atomic mass is 9.99. The minimum Gasteiger partial charge on any atom is -0.479 e. The zero-order valence-corrected chi connectivity index (χ0v) is 15.2. The van der Waals surface area contributed by atoms with Crippen LogP contribution in [0.25, 0.3) is 0 Å². The first-order chi connectivity index (χ1) is 12.3. The number of carboxylic acids is 1. The van der Waals surface area contributed by atoms with Gasteiger partial charge in [-0.2, -0.15) is 0 Å². The lowest BCUT2D eigenvalue weighted by Crippen LogP contribution is -2.60. The first-order valence-electron chi connectivity index (χ1n) is 8.97. The van der Waals surface area contributed by atoms with E-state index in [1.54, 1.807) is 0 Å². The molecule has 0 aromatic rings. The zero-order valence-electron chi connectivity index (χ0n) is 15.2. The zero-order chi connectivity index (χ0) is 19.7. The third-order valence-corrected chi connectivity index (χ3v) is 4.47. The molecule has 154 valence electrons. The van der Waals surface area contributed by atoms with Crippen molar-refractivity contribution in [2.45, 2.75) is 69.5 Å². The SMILES string of the molecule is CC[C@@H](CO)NCCN[C@@H](CC)COC1OC(C(=O)O)C(O)C(O)C1O. The predicted molar refractivity (Wildman–Crippen MR) is 91.5 cm³/mol. The Bertz CT molecular complexity index is 410. The standard InChI is InChI=1S/C16H32N2O8/c1-3-9(7-19)17-5-6-18-10(4-2)8-25-16-13(22)11(20)12(21)14(26-16)15(23)24/h9-14,16-22H,3-8H2,1-2H3,(H,23,24)/t9-,10-,11?,12?,13?,14?,16?/m0/s1. The van der Waals surface area contributed by atoms with Gasteiger partial charge < -0.3 is 45.6 Å². The van der Waals surface area contributed by atoms with Gasteiger partial charge in [0, 0.05) is 25.2 Å². The summed E-state index contributed by atoms with van der Waals surface area (Å²) in [6.45, 7) is 5.41. The molecule has 0 saturated carbocycles. The Morgan fingerprint density at radius 2 is 1.62 bits per heavy atom. The van der Waals surface area contributed by atoms with Crippen LogP contribution in [0.4, 0.5) is 0 Å². The molecule has 1 aliphatic rings. The van der Waals surface area contributed by atoms with E-state index in [1.807, 2.05) is 13.8 Å². The van der Waals surface area contributed by atoms with Crippen LogP contribution in [0, 0.1) is 0 Å². The number of hydrogen-bond acceptors (Lipinski definition) is 9. The molecule has 5 unspecified atom stereocenters. The molecule has 10 nitrogen and oxygen atoms in total. The molecule has 0 amide bonds. The molecule has 0 aliphatic carbocycles. The number of rotatable bonds is 12. The van der Waals surface area contributed by atoms with Crippen molar-refractivity contribution in [1.82, 2.24) is 10.6 Å². The van der Waals surface area contributed by atoms with Crippen molar-refractivity contribution < 1.29 is 39.8 Å². The fourth-order valence-electron chi connectivity index (χ4n) is 2.61. The number of aliphatic hydroxyl groups excluding tert-OH is 4. The van der Waals surface area contributed by atoms with Crippen LogP contribution >= 0.6 is 0 Å². The van der Waals surface area contributed by atoms with E-state index in [1.165, 1.54) is 0 Å². The van der Waals surface area contributed by atoms with Crippen molar-refractivity contribution in [3.8, 4) is 0 Å². The highest BCUT2D eigenvalue weighted by Crippen LogP contribution is 2.22. The fraction of sp³-hybridized carbons (Fsp3) is 0.938. The molecule has 1 aliphatic heterocycles. The van der Waals surface area contributed by atoms with E-state index >= 15 is 0 Å². The summed E-state index contributed by atoms with van der Waals surface area (Å²) < 4.78 is 10.5. The summed E-state index contributed by atoms with van der Waals surface area (Å²) in [7, 11) is 0. The molecule has 1 rings (SSSR count). The number of carbonyl (C=O) groups is 1. The van der Waals surface area contributed by atoms with Crippen LogP contribution in [0.15, 0.2) is 0 Å². The van der Waals surface area contributed by atoms with E-state index in [0.29, 0.717) is 19.5 Å². The minimum absolute atomic E-state index is 0.0554. The van der Waals surface area contributed by atoms with Gasteiger partial charge in [-0.1, -0.05) is 13.8 Å². The summed E-state index contributed by atoms with van der Waals surface area (Å²) in [6.07, 6.45) is -6.42. The first kappa shape index (κ1) is 23.2. The molecular weight excluding hydrogens is 348 g/mol. The third kappa shape index (κ3) is 6.71. The maximum absolute atomic E-state index is 11.1. The van der Waals surface area contributed by atoms with Crippen LogP contribution in [0.1, 0.15) is 26.7 Å². The van der Waals surface area contributed by atoms with Gasteiger partial charge >= 0.3 is 5.97 Å². The van der Waals surface area contributed by atoms with Gasteiger partial charge in [0.15, 0.2) is 12.4 Å². The summed E-state index contributed by atoms with van der Waals surface area (Å²) in [6, 6.07) is -0.0196. The molecule has 0 aromatic carbocycles. The molecule has 7 atom stereocenters. The number of ether oxygens (including phenoxy) is 2. The van der Waals surface area contributed by atoms with Crippen molar-refractivity contribution in [1.29, 1.82) is 0 Å². The maximum Gasteiger partial charge on any atom is 0.335 e. The normalized spacial score (nSPS) is 31.5. The van der Waals surface area contributed by atoms with Crippen LogP contribution < -0.4 is 10.6 Å². The number of aliphatic carboxylic acids is 1. The summed E-state index contributed by atoms with van der Waals surface area (Å²) in [4.78, 5) is 11.1. The average molecular weight is 380 g/mol. The quantitative estimate of drug-likeness (QED) is 0.182. The molecule has 1 saturated heterocycles. The minimum atomic E-state index is -1.73. The second-order valence-corrected chi connectivity index (χ2v) is 6.37. The van der Waals surface area contributed by atoms with Gasteiger partial charge in [0.05, 0.1) is 13.2 Å². The Kier molecular flexibility index (Phi) is 10.5. The van der Waals surface area contributed by atoms with Crippen molar-refractivity contribution in [3.63, 3.8) is 0 Å². The molecular formula is C16H32N2O8. The van der Waals surface area contributed by atoms with E-state index in [9.17, 15) is 20.1 Å². The van der Waals surface area contributed by atoms with E-state index in [-0.39, 0.29) is 25.3 Å². The molecule has 1 fully saturated rings. The first-order valence-corrected chi connectivity index (χ1v) is 8.97. The summed E-state index contributed by atoms with van der Waals surface area (Å²) in [5.41, 5.74) is 0. The van der Waals surface area contributed by atoms with E-state index in [2.05, 4.69) is 10.6 Å². The number of hydrogen-bond donors (Lipinski definition) is 7. The monoisotopic (exact) mass is 380 g/mol. The predicted octanol–water partition coefficient (Wildman–Crippen LogP) is -2.38. The Morgan fingerprint density at radius 1 is 1.04 bits per heavy atom. The van der Waals surface area contributed by atoms with Crippen molar-refractivity contribution in [2.24, 2.45) is 0 Å². The summed E-state index contributed by atoms with van der Waals surface area (Å²) >= 11 is 0. The van der Waals surface area contributed by atoms with Gasteiger partial charge in [-0.25, -0.2) is 4.79 Å². The highest BCUT2D eigenvalue weighted by atomic mass is 16.7. The second-order valence-electron chi connectivity index (χ2n) is 6.37. The lowest BCUT2D eigenvalue weighted by Gasteiger charge is -2.38. The Morgan fingerprint density at radius 3 is 2.12 bits per heavy atom. The molecule has 0 spiro atoms. The average Bonchev–Trinajstić information content (AvgIpc) is 2.63. The Labute approximate surface area is 153 Å². The number of aliphatic hydroxyl groups is 4.